The van der Waals surface area contributed by atoms with Crippen molar-refractivity contribution in [1.82, 2.24) is 0 Å². The van der Waals surface area contributed by atoms with Gasteiger partial charge in [0.15, 0.2) is 0 Å². The smallest absolute Gasteiger partial charge is 0.0596 e. The zero-order chi connectivity index (χ0) is 13.9. The van der Waals surface area contributed by atoms with Crippen LogP contribution in [0.4, 0.5) is 0 Å². The van der Waals surface area contributed by atoms with Crippen LogP contribution in [-0.2, 0) is 0 Å². The monoisotopic (exact) mass is 278 g/mol. The van der Waals surface area contributed by atoms with Crippen LogP contribution in [0, 0.1) is 35.0 Å². The maximum atomic E-state index is 10.4. The van der Waals surface area contributed by atoms with E-state index in [9.17, 15) is 10.2 Å². The lowest BCUT2D eigenvalue weighted by Crippen LogP contribution is -2.49. The molecule has 0 aromatic rings. The van der Waals surface area contributed by atoms with Gasteiger partial charge in [-0.05, 0) is 92.8 Å². The van der Waals surface area contributed by atoms with Crippen molar-refractivity contribution in [2.45, 2.75) is 76.9 Å². The zero-order valence-electron chi connectivity index (χ0n) is 12.8. The number of hydrogen-bond donors (Lipinski definition) is 2. The largest absolute Gasteiger partial charge is 0.393 e. The Kier molecular flexibility index (Phi) is 3.20. The van der Waals surface area contributed by atoms with Gasteiger partial charge in [-0.1, -0.05) is 6.92 Å². The van der Waals surface area contributed by atoms with E-state index in [0.717, 1.165) is 48.9 Å². The Balaban J connectivity index is 1.57. The molecule has 4 aliphatic rings. The molecule has 2 nitrogen and oxygen atoms in total. The van der Waals surface area contributed by atoms with Crippen molar-refractivity contribution < 1.29 is 10.2 Å². The van der Waals surface area contributed by atoms with Crippen LogP contribution >= 0.6 is 0 Å². The van der Waals surface area contributed by atoms with Gasteiger partial charge < -0.3 is 10.2 Å². The molecule has 0 aliphatic heterocycles. The van der Waals surface area contributed by atoms with Crippen LogP contribution in [0.15, 0.2) is 0 Å². The van der Waals surface area contributed by atoms with Gasteiger partial charge in [0.2, 0.25) is 0 Å². The Morgan fingerprint density at radius 2 is 1.60 bits per heavy atom. The molecule has 4 saturated carbocycles. The molecular formula is C18H30O2. The van der Waals surface area contributed by atoms with Crippen LogP contribution in [0.25, 0.3) is 0 Å². The van der Waals surface area contributed by atoms with Gasteiger partial charge in [-0.2, -0.15) is 0 Å². The summed E-state index contributed by atoms with van der Waals surface area (Å²) >= 11 is 0. The van der Waals surface area contributed by atoms with E-state index in [1.54, 1.807) is 0 Å². The predicted molar refractivity (Wildman–Crippen MR) is 79.1 cm³/mol. The van der Waals surface area contributed by atoms with Crippen molar-refractivity contribution in [3.05, 3.63) is 0 Å². The van der Waals surface area contributed by atoms with Crippen molar-refractivity contribution >= 4 is 0 Å². The quantitative estimate of drug-likeness (QED) is 0.713. The number of aliphatic hydroxyl groups excluding tert-OH is 2. The molecule has 2 heteroatoms. The fourth-order valence-electron chi connectivity index (χ4n) is 6.80. The molecule has 8 atom stereocenters. The van der Waals surface area contributed by atoms with Crippen molar-refractivity contribution in [3.8, 4) is 0 Å². The summed E-state index contributed by atoms with van der Waals surface area (Å²) in [6.07, 6.45) is 10.9. The molecule has 114 valence electrons. The molecule has 0 amide bonds. The summed E-state index contributed by atoms with van der Waals surface area (Å²) in [5, 5.41) is 20.3. The fourth-order valence-corrected chi connectivity index (χ4v) is 6.80. The number of fused-ring (bicyclic) bond motifs is 5. The number of aliphatic hydroxyl groups is 2. The van der Waals surface area contributed by atoms with Crippen molar-refractivity contribution in [3.63, 3.8) is 0 Å². The molecule has 2 N–H and O–H groups in total. The Bertz CT molecular complexity index is 382. The summed E-state index contributed by atoms with van der Waals surface area (Å²) in [4.78, 5) is 0. The topological polar surface area (TPSA) is 40.5 Å². The molecule has 0 aromatic heterocycles. The Morgan fingerprint density at radius 3 is 2.45 bits per heavy atom. The van der Waals surface area contributed by atoms with Gasteiger partial charge in [0.1, 0.15) is 0 Å². The molecule has 4 rings (SSSR count). The molecule has 1 unspecified atom stereocenters. The van der Waals surface area contributed by atoms with E-state index in [2.05, 4.69) is 6.92 Å². The molecule has 0 spiro atoms. The van der Waals surface area contributed by atoms with Crippen LogP contribution in [0.1, 0.15) is 64.7 Å². The maximum Gasteiger partial charge on any atom is 0.0596 e. The van der Waals surface area contributed by atoms with Crippen molar-refractivity contribution in [2.75, 3.05) is 0 Å². The molecule has 4 aliphatic carbocycles. The van der Waals surface area contributed by atoms with E-state index in [-0.39, 0.29) is 17.6 Å². The van der Waals surface area contributed by atoms with Crippen LogP contribution in [-0.4, -0.2) is 22.4 Å². The molecule has 0 saturated heterocycles. The summed E-state index contributed by atoms with van der Waals surface area (Å²) in [6, 6.07) is 0. The third-order valence-electron chi connectivity index (χ3n) is 7.88. The first kappa shape index (κ1) is 13.6. The fraction of sp³-hybridized carbons (Fsp3) is 1.00. The van der Waals surface area contributed by atoms with Gasteiger partial charge in [-0.15, -0.1) is 0 Å². The predicted octanol–water partition coefficient (Wildman–Crippen LogP) is 3.36. The van der Waals surface area contributed by atoms with Crippen molar-refractivity contribution in [2.24, 2.45) is 35.0 Å². The van der Waals surface area contributed by atoms with Crippen LogP contribution in [0.2, 0.25) is 0 Å². The van der Waals surface area contributed by atoms with E-state index in [0.29, 0.717) is 0 Å². The SMILES string of the molecule is C[C@]12CC[C@H]3[C@@H](CCC4C[C@H](O)CC[C@@H]43)[C@@H]1CC[C@@H]2O. The summed E-state index contributed by atoms with van der Waals surface area (Å²) in [5.41, 5.74) is 0.224. The average molecular weight is 278 g/mol. The molecule has 0 aromatic carbocycles. The van der Waals surface area contributed by atoms with E-state index in [1.807, 2.05) is 0 Å². The lowest BCUT2D eigenvalue weighted by Gasteiger charge is -2.55. The third kappa shape index (κ3) is 1.83. The maximum absolute atomic E-state index is 10.4. The van der Waals surface area contributed by atoms with Gasteiger partial charge in [0.25, 0.3) is 0 Å². The zero-order valence-corrected chi connectivity index (χ0v) is 12.8. The second-order valence-electron chi connectivity index (χ2n) is 8.54. The van der Waals surface area contributed by atoms with E-state index < -0.39 is 0 Å². The van der Waals surface area contributed by atoms with Gasteiger partial charge in [0, 0.05) is 0 Å². The molecule has 0 bridgehead atoms. The Morgan fingerprint density at radius 1 is 0.800 bits per heavy atom. The highest BCUT2D eigenvalue weighted by Gasteiger charge is 2.56. The van der Waals surface area contributed by atoms with Gasteiger partial charge in [-0.3, -0.25) is 0 Å². The summed E-state index contributed by atoms with van der Waals surface area (Å²) < 4.78 is 0. The van der Waals surface area contributed by atoms with Crippen molar-refractivity contribution in [1.29, 1.82) is 0 Å². The van der Waals surface area contributed by atoms with E-state index >= 15 is 0 Å². The lowest BCUT2D eigenvalue weighted by molar-refractivity contribution is -0.0913. The van der Waals surface area contributed by atoms with Gasteiger partial charge in [-0.25, -0.2) is 0 Å². The molecule has 0 heterocycles. The Labute approximate surface area is 123 Å². The lowest BCUT2D eigenvalue weighted by atomic mass is 9.50. The first-order chi connectivity index (χ1) is 9.59. The van der Waals surface area contributed by atoms with Crippen LogP contribution in [0.5, 0.6) is 0 Å². The minimum atomic E-state index is -0.0423. The number of rotatable bonds is 0. The van der Waals surface area contributed by atoms with Gasteiger partial charge in [0.05, 0.1) is 12.2 Å². The summed E-state index contributed by atoms with van der Waals surface area (Å²) in [5.74, 6) is 4.26. The normalized spacial score (nSPS) is 58.6. The molecule has 0 radical (unpaired) electrons. The summed E-state index contributed by atoms with van der Waals surface area (Å²) in [6.45, 7) is 2.36. The highest BCUT2D eigenvalue weighted by Crippen LogP contribution is 2.62. The standard InChI is InChI=1S/C18H30O2/c1-18-9-8-14-13-5-3-12(19)10-11(13)2-4-15(14)16(18)6-7-17(18)20/h11-17,19-20H,2-10H2,1H3/t11?,12-,13+,14-,15-,16+,17+,18+/m1/s1. The Hall–Kier alpha value is -0.0800. The highest BCUT2D eigenvalue weighted by molar-refractivity contribution is 5.06. The van der Waals surface area contributed by atoms with Gasteiger partial charge >= 0.3 is 0 Å². The molecular weight excluding hydrogens is 248 g/mol. The first-order valence-corrected chi connectivity index (χ1v) is 8.95. The second kappa shape index (κ2) is 4.71. The third-order valence-corrected chi connectivity index (χ3v) is 7.88. The minimum absolute atomic E-state index is 0.0186. The second-order valence-corrected chi connectivity index (χ2v) is 8.54. The minimum Gasteiger partial charge on any atom is -0.393 e. The first-order valence-electron chi connectivity index (χ1n) is 8.95. The molecule has 20 heavy (non-hydrogen) atoms. The van der Waals surface area contributed by atoms with Crippen LogP contribution < -0.4 is 0 Å². The van der Waals surface area contributed by atoms with Crippen LogP contribution in [0.3, 0.4) is 0 Å². The molecule has 4 fully saturated rings. The van der Waals surface area contributed by atoms with E-state index in [1.165, 1.54) is 38.5 Å². The highest BCUT2D eigenvalue weighted by atomic mass is 16.3. The number of hydrogen-bond acceptors (Lipinski definition) is 2. The average Bonchev–Trinajstić information content (AvgIpc) is 2.74. The summed E-state index contributed by atoms with van der Waals surface area (Å²) in [7, 11) is 0. The van der Waals surface area contributed by atoms with E-state index in [4.69, 9.17) is 0 Å².